The lowest BCUT2D eigenvalue weighted by Gasteiger charge is -2.11. The fourth-order valence-electron chi connectivity index (χ4n) is 2.65. The fourth-order valence-corrected chi connectivity index (χ4v) is 3.12. The fraction of sp³-hybridized carbons (Fsp3) is 0.364. The van der Waals surface area contributed by atoms with Crippen molar-refractivity contribution in [3.05, 3.63) is 59.1 Å². The van der Waals surface area contributed by atoms with E-state index in [4.69, 9.17) is 28.6 Å². The van der Waals surface area contributed by atoms with Crippen molar-refractivity contribution in [2.24, 2.45) is 0 Å². The average molecular weight is 419 g/mol. The van der Waals surface area contributed by atoms with Gasteiger partial charge in [0.15, 0.2) is 5.11 Å². The number of aryl methyl sites for hydroxylation is 1. The number of unbranched alkanes of at least 4 members (excludes halogenated alkanes) is 3. The second-order valence-corrected chi connectivity index (χ2v) is 7.34. The van der Waals surface area contributed by atoms with Gasteiger partial charge in [-0.1, -0.05) is 56.0 Å². The third-order valence-electron chi connectivity index (χ3n) is 4.21. The molecule has 0 aromatic heterocycles. The number of carbonyl (C=O) groups excluding carboxylic acids is 1. The van der Waals surface area contributed by atoms with Gasteiger partial charge >= 0.3 is 0 Å². The van der Waals surface area contributed by atoms with Crippen LogP contribution in [0, 0.1) is 0 Å². The van der Waals surface area contributed by atoms with Crippen molar-refractivity contribution in [1.29, 1.82) is 0 Å². The Morgan fingerprint density at radius 2 is 1.82 bits per heavy atom. The zero-order valence-electron chi connectivity index (χ0n) is 16.2. The summed E-state index contributed by atoms with van der Waals surface area (Å²) in [6.45, 7) is 2.92. The van der Waals surface area contributed by atoms with Crippen molar-refractivity contribution in [1.82, 2.24) is 5.32 Å². The van der Waals surface area contributed by atoms with Gasteiger partial charge in [0.2, 0.25) is 5.91 Å². The van der Waals surface area contributed by atoms with E-state index in [1.807, 2.05) is 48.5 Å². The molecule has 1 amide bonds. The Bertz CT molecular complexity index is 765. The molecule has 0 heterocycles. The highest BCUT2D eigenvalue weighted by molar-refractivity contribution is 7.80. The van der Waals surface area contributed by atoms with Crippen LogP contribution in [0.4, 0.5) is 5.69 Å². The van der Waals surface area contributed by atoms with Crippen molar-refractivity contribution in [2.45, 2.75) is 45.4 Å². The summed E-state index contributed by atoms with van der Waals surface area (Å²) in [6.07, 6.45) is 5.61. The molecule has 0 atom stereocenters. The van der Waals surface area contributed by atoms with Crippen molar-refractivity contribution < 1.29 is 9.53 Å². The van der Waals surface area contributed by atoms with Crippen LogP contribution in [0.2, 0.25) is 5.02 Å². The maximum absolute atomic E-state index is 12.1. The third-order valence-corrected chi connectivity index (χ3v) is 4.78. The Morgan fingerprint density at radius 3 is 2.54 bits per heavy atom. The summed E-state index contributed by atoms with van der Waals surface area (Å²) in [5, 5.41) is 6.65. The summed E-state index contributed by atoms with van der Waals surface area (Å²) in [5.74, 6) is 0.682. The van der Waals surface area contributed by atoms with E-state index in [0.717, 1.165) is 30.0 Å². The second kappa shape index (κ2) is 12.4. The smallest absolute Gasteiger partial charge is 0.226 e. The van der Waals surface area contributed by atoms with Crippen molar-refractivity contribution >= 4 is 40.5 Å². The molecule has 150 valence electrons. The van der Waals surface area contributed by atoms with E-state index in [1.165, 1.54) is 19.3 Å². The number of hydrogen-bond donors (Lipinski definition) is 2. The monoisotopic (exact) mass is 418 g/mol. The predicted octanol–water partition coefficient (Wildman–Crippen LogP) is 5.74. The Morgan fingerprint density at radius 1 is 1.07 bits per heavy atom. The SMILES string of the molecule is CCCCCCOc1ccc(NC(=S)NC(=O)CCc2ccccc2Cl)cc1. The number of benzene rings is 2. The maximum atomic E-state index is 12.1. The van der Waals surface area contributed by atoms with E-state index >= 15 is 0 Å². The molecule has 2 N–H and O–H groups in total. The lowest BCUT2D eigenvalue weighted by atomic mass is 10.1. The molecule has 0 radical (unpaired) electrons. The van der Waals surface area contributed by atoms with E-state index in [9.17, 15) is 4.79 Å². The highest BCUT2D eigenvalue weighted by Gasteiger charge is 2.07. The second-order valence-electron chi connectivity index (χ2n) is 6.53. The number of thiocarbonyl (C=S) groups is 1. The minimum atomic E-state index is -0.149. The van der Waals surface area contributed by atoms with Gasteiger partial charge in [-0.05, 0) is 61.0 Å². The van der Waals surface area contributed by atoms with Crippen LogP contribution in [0.5, 0.6) is 5.75 Å². The van der Waals surface area contributed by atoms with Crippen LogP contribution in [-0.4, -0.2) is 17.6 Å². The molecule has 2 rings (SSSR count). The van der Waals surface area contributed by atoms with Gasteiger partial charge in [0, 0.05) is 17.1 Å². The minimum absolute atomic E-state index is 0.149. The quantitative estimate of drug-likeness (QED) is 0.381. The molecule has 0 aliphatic heterocycles. The van der Waals surface area contributed by atoms with E-state index < -0.39 is 0 Å². The summed E-state index contributed by atoms with van der Waals surface area (Å²) in [7, 11) is 0. The summed E-state index contributed by atoms with van der Waals surface area (Å²) in [5.41, 5.74) is 1.75. The van der Waals surface area contributed by atoms with Crippen LogP contribution < -0.4 is 15.4 Å². The third kappa shape index (κ3) is 8.28. The lowest BCUT2D eigenvalue weighted by molar-refractivity contribution is -0.119. The number of hydrogen-bond acceptors (Lipinski definition) is 3. The molecular formula is C22H27ClN2O2S. The van der Waals surface area contributed by atoms with Gasteiger partial charge < -0.3 is 15.4 Å². The molecule has 6 heteroatoms. The van der Waals surface area contributed by atoms with Gasteiger partial charge in [-0.2, -0.15) is 0 Å². The number of anilines is 1. The molecule has 2 aromatic carbocycles. The number of rotatable bonds is 10. The topological polar surface area (TPSA) is 50.4 Å². The highest BCUT2D eigenvalue weighted by Crippen LogP contribution is 2.17. The predicted molar refractivity (Wildman–Crippen MR) is 120 cm³/mol. The standard InChI is InChI=1S/C22H27ClN2O2S/c1-2-3-4-7-16-27-19-13-11-18(12-14-19)24-22(28)25-21(26)15-10-17-8-5-6-9-20(17)23/h5-6,8-9,11-14H,2-4,7,10,15-16H2,1H3,(H2,24,25,26,28). The van der Waals surface area contributed by atoms with Crippen LogP contribution in [0.15, 0.2) is 48.5 Å². The molecule has 0 unspecified atom stereocenters. The Labute approximate surface area is 177 Å². The highest BCUT2D eigenvalue weighted by atomic mass is 35.5. The number of carbonyl (C=O) groups is 1. The molecule has 0 saturated heterocycles. The van der Waals surface area contributed by atoms with Crippen LogP contribution in [0.25, 0.3) is 0 Å². The van der Waals surface area contributed by atoms with E-state index in [0.29, 0.717) is 17.9 Å². The van der Waals surface area contributed by atoms with Gasteiger partial charge in [-0.25, -0.2) is 0 Å². The Hall–Kier alpha value is -2.11. The first-order chi connectivity index (χ1) is 13.6. The largest absolute Gasteiger partial charge is 0.494 e. The van der Waals surface area contributed by atoms with Gasteiger partial charge in [0.05, 0.1) is 6.61 Å². The minimum Gasteiger partial charge on any atom is -0.494 e. The lowest BCUT2D eigenvalue weighted by Crippen LogP contribution is -2.34. The number of halogens is 1. The first-order valence-corrected chi connectivity index (χ1v) is 10.4. The molecule has 0 aliphatic rings. The first-order valence-electron chi connectivity index (χ1n) is 9.65. The van der Waals surface area contributed by atoms with Gasteiger partial charge in [-0.3, -0.25) is 4.79 Å². The summed E-state index contributed by atoms with van der Waals surface area (Å²) < 4.78 is 5.72. The molecule has 0 saturated carbocycles. The molecule has 4 nitrogen and oxygen atoms in total. The van der Waals surface area contributed by atoms with E-state index in [1.54, 1.807) is 0 Å². The normalized spacial score (nSPS) is 10.4. The molecule has 0 fully saturated rings. The molecule has 28 heavy (non-hydrogen) atoms. The van der Waals surface area contributed by atoms with Crippen LogP contribution in [0.3, 0.4) is 0 Å². The zero-order chi connectivity index (χ0) is 20.2. The molecule has 2 aromatic rings. The van der Waals surface area contributed by atoms with Crippen LogP contribution in [0.1, 0.15) is 44.6 Å². The van der Waals surface area contributed by atoms with E-state index in [-0.39, 0.29) is 11.0 Å². The molecule has 0 spiro atoms. The first kappa shape index (κ1) is 22.2. The molecular weight excluding hydrogens is 392 g/mol. The molecule has 0 aliphatic carbocycles. The maximum Gasteiger partial charge on any atom is 0.226 e. The van der Waals surface area contributed by atoms with E-state index in [2.05, 4.69) is 17.6 Å². The van der Waals surface area contributed by atoms with Crippen LogP contribution >= 0.6 is 23.8 Å². The number of ether oxygens (including phenoxy) is 1. The summed E-state index contributed by atoms with van der Waals surface area (Å²) >= 11 is 11.3. The zero-order valence-corrected chi connectivity index (χ0v) is 17.7. The summed E-state index contributed by atoms with van der Waals surface area (Å²) in [4.78, 5) is 12.1. The number of nitrogens with one attached hydrogen (secondary N) is 2. The Kier molecular flexibility index (Phi) is 9.80. The van der Waals surface area contributed by atoms with Crippen LogP contribution in [-0.2, 0) is 11.2 Å². The summed E-state index contributed by atoms with van der Waals surface area (Å²) in [6, 6.07) is 15.1. The van der Waals surface area contributed by atoms with Gasteiger partial charge in [0.1, 0.15) is 5.75 Å². The molecule has 0 bridgehead atoms. The van der Waals surface area contributed by atoms with Crippen molar-refractivity contribution in [3.8, 4) is 5.75 Å². The number of amides is 1. The van der Waals surface area contributed by atoms with Gasteiger partial charge in [-0.15, -0.1) is 0 Å². The van der Waals surface area contributed by atoms with Gasteiger partial charge in [0.25, 0.3) is 0 Å². The van der Waals surface area contributed by atoms with Crippen molar-refractivity contribution in [2.75, 3.05) is 11.9 Å². The average Bonchev–Trinajstić information content (AvgIpc) is 2.68. The van der Waals surface area contributed by atoms with Crippen molar-refractivity contribution in [3.63, 3.8) is 0 Å². The Balaban J connectivity index is 1.70.